The van der Waals surface area contributed by atoms with Gasteiger partial charge in [-0.2, -0.15) is 0 Å². The first-order valence-electron chi connectivity index (χ1n) is 8.64. The molecule has 0 aromatic heterocycles. The van der Waals surface area contributed by atoms with Crippen molar-refractivity contribution in [2.24, 2.45) is 0 Å². The molecule has 9 nitrogen and oxygen atoms in total. The van der Waals surface area contributed by atoms with Crippen LogP contribution in [0.4, 0.5) is 11.4 Å². The number of nitrogens with zero attached hydrogens (tertiary/aromatic N) is 1. The molecule has 0 spiro atoms. The smallest absolute Gasteiger partial charge is 0.338 e. The second-order valence-electron chi connectivity index (χ2n) is 6.29. The number of ether oxygens (including phenoxy) is 1. The molecule has 2 N–H and O–H groups in total. The Bertz CT molecular complexity index is 952. The van der Waals surface area contributed by atoms with E-state index in [0.717, 1.165) is 50.2 Å². The van der Waals surface area contributed by atoms with Crippen molar-refractivity contribution in [1.29, 1.82) is 0 Å². The molecule has 0 saturated carbocycles. The average Bonchev–Trinajstić information content (AvgIpc) is 2.69. The molecule has 0 aliphatic carbocycles. The molecule has 0 radical (unpaired) electrons. The SMILES string of the molecule is O=C(OC1CCNCC1)c1ccc(NS(=O)(=O)c2ccc([N+](=O)[O-])cc2)cc1. The van der Waals surface area contributed by atoms with Gasteiger partial charge in [-0.25, -0.2) is 13.2 Å². The highest BCUT2D eigenvalue weighted by Gasteiger charge is 2.19. The molecule has 1 heterocycles. The van der Waals surface area contributed by atoms with Gasteiger partial charge in [-0.1, -0.05) is 0 Å². The zero-order chi connectivity index (χ0) is 20.1. The predicted octanol–water partition coefficient (Wildman–Crippen LogP) is 2.30. The van der Waals surface area contributed by atoms with E-state index < -0.39 is 20.9 Å². The molecular weight excluding hydrogens is 386 g/mol. The number of esters is 1. The number of benzene rings is 2. The Morgan fingerprint density at radius 3 is 2.25 bits per heavy atom. The summed E-state index contributed by atoms with van der Waals surface area (Å²) < 4.78 is 32.6. The summed E-state index contributed by atoms with van der Waals surface area (Å²) >= 11 is 0. The van der Waals surface area contributed by atoms with Gasteiger partial charge in [-0.15, -0.1) is 0 Å². The van der Waals surface area contributed by atoms with E-state index in [2.05, 4.69) is 10.0 Å². The number of nitrogens with one attached hydrogen (secondary N) is 2. The summed E-state index contributed by atoms with van der Waals surface area (Å²) in [5, 5.41) is 13.9. The first kappa shape index (κ1) is 19.8. The predicted molar refractivity (Wildman–Crippen MR) is 102 cm³/mol. The molecule has 28 heavy (non-hydrogen) atoms. The Balaban J connectivity index is 1.65. The Morgan fingerprint density at radius 2 is 1.68 bits per heavy atom. The normalized spacial score (nSPS) is 15.0. The number of hydrogen-bond acceptors (Lipinski definition) is 7. The number of nitro benzene ring substituents is 1. The summed E-state index contributed by atoms with van der Waals surface area (Å²) in [6.45, 7) is 1.61. The molecule has 1 saturated heterocycles. The van der Waals surface area contributed by atoms with Crippen molar-refractivity contribution in [2.75, 3.05) is 17.8 Å². The Hall–Kier alpha value is -2.98. The van der Waals surface area contributed by atoms with Crippen molar-refractivity contribution in [1.82, 2.24) is 5.32 Å². The average molecular weight is 405 g/mol. The molecule has 2 aromatic rings. The Morgan fingerprint density at radius 1 is 1.07 bits per heavy atom. The number of anilines is 1. The topological polar surface area (TPSA) is 128 Å². The maximum Gasteiger partial charge on any atom is 0.338 e. The highest BCUT2D eigenvalue weighted by molar-refractivity contribution is 7.92. The van der Waals surface area contributed by atoms with Gasteiger partial charge in [0.1, 0.15) is 6.10 Å². The number of rotatable bonds is 6. The van der Waals surface area contributed by atoms with Crippen LogP contribution >= 0.6 is 0 Å². The summed E-state index contributed by atoms with van der Waals surface area (Å²) in [4.78, 5) is 22.1. The lowest BCUT2D eigenvalue weighted by Gasteiger charge is -2.22. The molecule has 0 amide bonds. The van der Waals surface area contributed by atoms with E-state index in [-0.39, 0.29) is 22.4 Å². The quantitative estimate of drug-likeness (QED) is 0.429. The summed E-state index contributed by atoms with van der Waals surface area (Å²) in [7, 11) is -3.91. The van der Waals surface area contributed by atoms with Gasteiger partial charge in [-0.05, 0) is 62.3 Å². The van der Waals surface area contributed by atoms with Crippen LogP contribution in [0, 0.1) is 10.1 Å². The molecule has 1 aliphatic rings. The standard InChI is InChI=1S/C18H19N3O6S/c22-18(27-16-9-11-19-12-10-16)13-1-3-14(4-2-13)20-28(25,26)17-7-5-15(6-8-17)21(23)24/h1-8,16,19-20H,9-12H2. The monoisotopic (exact) mass is 405 g/mol. The summed E-state index contributed by atoms with van der Waals surface area (Å²) in [5.41, 5.74) is 0.393. The molecule has 148 valence electrons. The van der Waals surface area contributed by atoms with Crippen molar-refractivity contribution in [3.63, 3.8) is 0 Å². The fraction of sp³-hybridized carbons (Fsp3) is 0.278. The van der Waals surface area contributed by atoms with Crippen LogP contribution in [0.3, 0.4) is 0 Å². The van der Waals surface area contributed by atoms with Crippen molar-refractivity contribution in [2.45, 2.75) is 23.8 Å². The minimum atomic E-state index is -3.91. The van der Waals surface area contributed by atoms with Gasteiger partial charge in [0.15, 0.2) is 0 Å². The lowest BCUT2D eigenvalue weighted by Crippen LogP contribution is -2.33. The number of non-ortho nitro benzene ring substituents is 1. The highest BCUT2D eigenvalue weighted by atomic mass is 32.2. The van der Waals surface area contributed by atoms with Crippen LogP contribution in [0.2, 0.25) is 0 Å². The fourth-order valence-electron chi connectivity index (χ4n) is 2.77. The third-order valence-corrected chi connectivity index (χ3v) is 5.69. The molecule has 0 bridgehead atoms. The van der Waals surface area contributed by atoms with Crippen LogP contribution in [0.5, 0.6) is 0 Å². The summed E-state index contributed by atoms with van der Waals surface area (Å²) in [6.07, 6.45) is 1.41. The van der Waals surface area contributed by atoms with E-state index in [1.807, 2.05) is 0 Å². The zero-order valence-electron chi connectivity index (χ0n) is 14.8. The van der Waals surface area contributed by atoms with Gasteiger partial charge in [0.05, 0.1) is 15.4 Å². The summed E-state index contributed by atoms with van der Waals surface area (Å²) in [6, 6.07) is 10.4. The molecule has 2 aromatic carbocycles. The summed E-state index contributed by atoms with van der Waals surface area (Å²) in [5.74, 6) is -0.448. The number of sulfonamides is 1. The number of carbonyl (C=O) groups excluding carboxylic acids is 1. The fourth-order valence-corrected chi connectivity index (χ4v) is 3.83. The van der Waals surface area contributed by atoms with E-state index in [1.54, 1.807) is 0 Å². The van der Waals surface area contributed by atoms with Crippen LogP contribution in [0.1, 0.15) is 23.2 Å². The third-order valence-electron chi connectivity index (χ3n) is 4.29. The molecular formula is C18H19N3O6S. The first-order chi connectivity index (χ1) is 13.3. The molecule has 3 rings (SSSR count). The van der Waals surface area contributed by atoms with Gasteiger partial charge in [0, 0.05) is 17.8 Å². The van der Waals surface area contributed by atoms with E-state index in [9.17, 15) is 23.3 Å². The van der Waals surface area contributed by atoms with Crippen molar-refractivity contribution >= 4 is 27.4 Å². The van der Waals surface area contributed by atoms with Gasteiger partial charge >= 0.3 is 5.97 Å². The van der Waals surface area contributed by atoms with Crippen molar-refractivity contribution in [3.05, 3.63) is 64.2 Å². The lowest BCUT2D eigenvalue weighted by molar-refractivity contribution is -0.384. The van der Waals surface area contributed by atoms with Crippen LogP contribution in [-0.2, 0) is 14.8 Å². The van der Waals surface area contributed by atoms with E-state index in [0.29, 0.717) is 5.56 Å². The lowest BCUT2D eigenvalue weighted by atomic mass is 10.1. The van der Waals surface area contributed by atoms with E-state index >= 15 is 0 Å². The minimum absolute atomic E-state index is 0.104. The molecule has 10 heteroatoms. The third kappa shape index (κ3) is 4.84. The number of hydrogen-bond donors (Lipinski definition) is 2. The van der Waals surface area contributed by atoms with Crippen LogP contribution < -0.4 is 10.0 Å². The second kappa shape index (κ2) is 8.36. The number of carbonyl (C=O) groups is 1. The number of piperidine rings is 1. The Labute approximate surface area is 161 Å². The van der Waals surface area contributed by atoms with Crippen LogP contribution in [0.15, 0.2) is 53.4 Å². The van der Waals surface area contributed by atoms with Crippen LogP contribution in [0.25, 0.3) is 0 Å². The molecule has 1 aliphatic heterocycles. The Kier molecular flexibility index (Phi) is 5.90. The maximum atomic E-state index is 12.4. The first-order valence-corrected chi connectivity index (χ1v) is 10.1. The van der Waals surface area contributed by atoms with Gasteiger partial charge in [0.25, 0.3) is 15.7 Å². The minimum Gasteiger partial charge on any atom is -0.459 e. The molecule has 0 atom stereocenters. The largest absolute Gasteiger partial charge is 0.459 e. The van der Waals surface area contributed by atoms with E-state index in [4.69, 9.17) is 4.74 Å². The van der Waals surface area contributed by atoms with Gasteiger partial charge < -0.3 is 10.1 Å². The van der Waals surface area contributed by atoms with Crippen molar-refractivity contribution < 1.29 is 22.9 Å². The molecule has 0 unspecified atom stereocenters. The maximum absolute atomic E-state index is 12.4. The zero-order valence-corrected chi connectivity index (χ0v) is 15.6. The van der Waals surface area contributed by atoms with Crippen LogP contribution in [-0.4, -0.2) is 38.5 Å². The van der Waals surface area contributed by atoms with Crippen molar-refractivity contribution in [3.8, 4) is 0 Å². The van der Waals surface area contributed by atoms with E-state index in [1.165, 1.54) is 24.3 Å². The number of nitro groups is 1. The van der Waals surface area contributed by atoms with Gasteiger partial charge in [-0.3, -0.25) is 14.8 Å². The second-order valence-corrected chi connectivity index (χ2v) is 7.97. The highest BCUT2D eigenvalue weighted by Crippen LogP contribution is 2.20. The van der Waals surface area contributed by atoms with Gasteiger partial charge in [0.2, 0.25) is 0 Å². The molecule has 1 fully saturated rings.